The van der Waals surface area contributed by atoms with Gasteiger partial charge in [0, 0.05) is 23.2 Å². The zero-order chi connectivity index (χ0) is 15.7. The van der Waals surface area contributed by atoms with Gasteiger partial charge in [0.2, 0.25) is 0 Å². The van der Waals surface area contributed by atoms with Crippen molar-refractivity contribution in [3.8, 4) is 5.75 Å². The molecule has 0 atom stereocenters. The van der Waals surface area contributed by atoms with Crippen molar-refractivity contribution >= 4 is 29.1 Å². The Bertz CT molecular complexity index is 432. The van der Waals surface area contributed by atoms with Gasteiger partial charge < -0.3 is 14.8 Å². The van der Waals surface area contributed by atoms with Gasteiger partial charge in [-0.3, -0.25) is 4.79 Å². The standard InChI is InChI=1S/C15H21Cl2NO3/c1-11(2)3-5-20-6-4-18-15(19)10-21-14-8-12(16)7-13(17)9-14/h7-9,11H,3-6,10H2,1-2H3,(H,18,19). The van der Waals surface area contributed by atoms with Crippen molar-refractivity contribution in [1.29, 1.82) is 0 Å². The fraction of sp³-hybridized carbons (Fsp3) is 0.533. The monoisotopic (exact) mass is 333 g/mol. The molecular formula is C15H21Cl2NO3. The Balaban J connectivity index is 2.14. The highest BCUT2D eigenvalue weighted by atomic mass is 35.5. The second kappa shape index (κ2) is 9.87. The number of amides is 1. The molecule has 1 aromatic rings. The van der Waals surface area contributed by atoms with E-state index in [1.54, 1.807) is 18.2 Å². The second-order valence-electron chi connectivity index (χ2n) is 5.04. The molecule has 0 aliphatic heterocycles. The predicted molar refractivity (Wildman–Crippen MR) is 85.2 cm³/mol. The lowest BCUT2D eigenvalue weighted by Gasteiger charge is -2.09. The Hall–Kier alpha value is -0.970. The highest BCUT2D eigenvalue weighted by Crippen LogP contribution is 2.23. The molecule has 118 valence electrons. The van der Waals surface area contributed by atoms with Crippen LogP contribution in [0.1, 0.15) is 20.3 Å². The molecule has 1 amide bonds. The van der Waals surface area contributed by atoms with Gasteiger partial charge in [0.15, 0.2) is 6.61 Å². The number of hydrogen-bond donors (Lipinski definition) is 1. The molecule has 0 fully saturated rings. The minimum Gasteiger partial charge on any atom is -0.484 e. The van der Waals surface area contributed by atoms with Gasteiger partial charge in [0.05, 0.1) is 6.61 Å². The van der Waals surface area contributed by atoms with E-state index in [0.29, 0.717) is 41.5 Å². The highest BCUT2D eigenvalue weighted by Gasteiger charge is 2.04. The molecule has 21 heavy (non-hydrogen) atoms. The first kappa shape index (κ1) is 18.1. The van der Waals surface area contributed by atoms with Crippen molar-refractivity contribution in [2.45, 2.75) is 20.3 Å². The summed E-state index contributed by atoms with van der Waals surface area (Å²) in [5.41, 5.74) is 0. The van der Waals surface area contributed by atoms with E-state index in [0.717, 1.165) is 6.42 Å². The molecule has 0 aliphatic carbocycles. The van der Waals surface area contributed by atoms with Gasteiger partial charge in [-0.05, 0) is 30.5 Å². The van der Waals surface area contributed by atoms with Gasteiger partial charge in [-0.15, -0.1) is 0 Å². The molecule has 0 heterocycles. The van der Waals surface area contributed by atoms with Crippen LogP contribution >= 0.6 is 23.2 Å². The number of carbonyl (C=O) groups excluding carboxylic acids is 1. The number of rotatable bonds is 9. The third-order valence-corrected chi connectivity index (χ3v) is 3.05. The van der Waals surface area contributed by atoms with E-state index in [9.17, 15) is 4.79 Å². The highest BCUT2D eigenvalue weighted by molar-refractivity contribution is 6.34. The SMILES string of the molecule is CC(C)CCOCCNC(=O)COc1cc(Cl)cc(Cl)c1. The van der Waals surface area contributed by atoms with E-state index in [1.165, 1.54) is 0 Å². The summed E-state index contributed by atoms with van der Waals surface area (Å²) in [5, 5.41) is 3.65. The Kier molecular flexibility index (Phi) is 8.50. The van der Waals surface area contributed by atoms with E-state index in [4.69, 9.17) is 32.7 Å². The number of hydrogen-bond acceptors (Lipinski definition) is 3. The molecular weight excluding hydrogens is 313 g/mol. The van der Waals surface area contributed by atoms with Crippen LogP contribution in [0.15, 0.2) is 18.2 Å². The lowest BCUT2D eigenvalue weighted by atomic mass is 10.1. The number of carbonyl (C=O) groups is 1. The maximum atomic E-state index is 11.6. The van der Waals surface area contributed by atoms with Crippen LogP contribution in [-0.2, 0) is 9.53 Å². The third-order valence-electron chi connectivity index (χ3n) is 2.61. The largest absolute Gasteiger partial charge is 0.484 e. The van der Waals surface area contributed by atoms with Crippen molar-refractivity contribution in [1.82, 2.24) is 5.32 Å². The Morgan fingerprint density at radius 1 is 1.19 bits per heavy atom. The number of benzene rings is 1. The van der Waals surface area contributed by atoms with Gasteiger partial charge in [-0.1, -0.05) is 37.0 Å². The van der Waals surface area contributed by atoms with E-state index >= 15 is 0 Å². The van der Waals surface area contributed by atoms with Crippen LogP contribution in [0.3, 0.4) is 0 Å². The summed E-state index contributed by atoms with van der Waals surface area (Å²) in [7, 11) is 0. The fourth-order valence-electron chi connectivity index (χ4n) is 1.50. The van der Waals surface area contributed by atoms with Crippen LogP contribution < -0.4 is 10.1 Å². The van der Waals surface area contributed by atoms with Crippen LogP contribution in [0.5, 0.6) is 5.75 Å². The molecule has 1 N–H and O–H groups in total. The molecule has 0 bridgehead atoms. The average Bonchev–Trinajstić information content (AvgIpc) is 2.39. The number of ether oxygens (including phenoxy) is 2. The molecule has 0 spiro atoms. The molecule has 0 unspecified atom stereocenters. The zero-order valence-electron chi connectivity index (χ0n) is 12.3. The van der Waals surface area contributed by atoms with Gasteiger partial charge in [0.1, 0.15) is 5.75 Å². The molecule has 1 rings (SSSR count). The summed E-state index contributed by atoms with van der Waals surface area (Å²) in [6.45, 7) is 5.89. The third kappa shape index (κ3) is 8.81. The summed E-state index contributed by atoms with van der Waals surface area (Å²) < 4.78 is 10.7. The molecule has 1 aromatic carbocycles. The molecule has 0 saturated heterocycles. The normalized spacial score (nSPS) is 10.7. The molecule has 4 nitrogen and oxygen atoms in total. The maximum absolute atomic E-state index is 11.6. The zero-order valence-corrected chi connectivity index (χ0v) is 13.8. The van der Waals surface area contributed by atoms with E-state index < -0.39 is 0 Å². The van der Waals surface area contributed by atoms with E-state index in [1.807, 2.05) is 0 Å². The van der Waals surface area contributed by atoms with Crippen LogP contribution in [-0.4, -0.2) is 32.3 Å². The van der Waals surface area contributed by atoms with Crippen molar-refractivity contribution in [3.05, 3.63) is 28.2 Å². The van der Waals surface area contributed by atoms with Crippen molar-refractivity contribution in [3.63, 3.8) is 0 Å². The van der Waals surface area contributed by atoms with Crippen molar-refractivity contribution < 1.29 is 14.3 Å². The Morgan fingerprint density at radius 2 is 1.86 bits per heavy atom. The Labute approximate surface area is 135 Å². The molecule has 0 radical (unpaired) electrons. The lowest BCUT2D eigenvalue weighted by Crippen LogP contribution is -2.31. The van der Waals surface area contributed by atoms with Crippen LogP contribution in [0.4, 0.5) is 0 Å². The van der Waals surface area contributed by atoms with E-state index in [2.05, 4.69) is 19.2 Å². The average molecular weight is 334 g/mol. The molecule has 6 heteroatoms. The van der Waals surface area contributed by atoms with Gasteiger partial charge in [0.25, 0.3) is 5.91 Å². The van der Waals surface area contributed by atoms with Crippen molar-refractivity contribution in [2.24, 2.45) is 5.92 Å². The topological polar surface area (TPSA) is 47.6 Å². The number of halogens is 2. The summed E-state index contributed by atoms with van der Waals surface area (Å²) in [6.07, 6.45) is 1.02. The predicted octanol–water partition coefficient (Wildman–Crippen LogP) is 3.55. The van der Waals surface area contributed by atoms with Gasteiger partial charge >= 0.3 is 0 Å². The second-order valence-corrected chi connectivity index (χ2v) is 5.91. The summed E-state index contributed by atoms with van der Waals surface area (Å²) >= 11 is 11.7. The first-order chi connectivity index (χ1) is 9.97. The minimum atomic E-state index is -0.210. The number of nitrogens with one attached hydrogen (secondary N) is 1. The van der Waals surface area contributed by atoms with Crippen molar-refractivity contribution in [2.75, 3.05) is 26.4 Å². The first-order valence-corrected chi connectivity index (χ1v) is 7.66. The molecule has 0 saturated carbocycles. The lowest BCUT2D eigenvalue weighted by molar-refractivity contribution is -0.123. The van der Waals surface area contributed by atoms with Crippen LogP contribution in [0.2, 0.25) is 10.0 Å². The molecule has 0 aromatic heterocycles. The summed E-state index contributed by atoms with van der Waals surface area (Å²) in [4.78, 5) is 11.6. The van der Waals surface area contributed by atoms with Crippen LogP contribution in [0, 0.1) is 5.92 Å². The summed E-state index contributed by atoms with van der Waals surface area (Å²) in [5.74, 6) is 0.881. The Morgan fingerprint density at radius 3 is 2.48 bits per heavy atom. The van der Waals surface area contributed by atoms with E-state index in [-0.39, 0.29) is 12.5 Å². The minimum absolute atomic E-state index is 0.0807. The van der Waals surface area contributed by atoms with Gasteiger partial charge in [-0.25, -0.2) is 0 Å². The quantitative estimate of drug-likeness (QED) is 0.703. The fourth-order valence-corrected chi connectivity index (χ4v) is 2.00. The summed E-state index contributed by atoms with van der Waals surface area (Å²) in [6, 6.07) is 4.82. The first-order valence-electron chi connectivity index (χ1n) is 6.90. The van der Waals surface area contributed by atoms with Gasteiger partial charge in [-0.2, -0.15) is 0 Å². The van der Waals surface area contributed by atoms with Crippen LogP contribution in [0.25, 0.3) is 0 Å². The smallest absolute Gasteiger partial charge is 0.258 e. The maximum Gasteiger partial charge on any atom is 0.258 e. The molecule has 0 aliphatic rings.